The second-order valence-electron chi connectivity index (χ2n) is 4.63. The molecule has 0 amide bonds. The molecule has 0 bridgehead atoms. The first-order valence-corrected chi connectivity index (χ1v) is 6.18. The molecular weight excluding hydrogens is 224 g/mol. The standard InChI is InChI=1S/C11H20N2O4/c14-11(15)8-16-9-2-5-13(6-3-9)7-10-1-4-12-17-10/h9-10,12H,1-8H2,(H,14,15). The van der Waals surface area contributed by atoms with Gasteiger partial charge in [0.05, 0.1) is 12.2 Å². The van der Waals surface area contributed by atoms with Crippen LogP contribution in [0.3, 0.4) is 0 Å². The third-order valence-corrected chi connectivity index (χ3v) is 3.26. The SMILES string of the molecule is O=C(O)COC1CCN(CC2CCNO2)CC1. The predicted molar refractivity (Wildman–Crippen MR) is 60.5 cm³/mol. The Kier molecular flexibility index (Phi) is 4.73. The molecule has 2 rings (SSSR count). The van der Waals surface area contributed by atoms with Crippen LogP contribution in [0.25, 0.3) is 0 Å². The van der Waals surface area contributed by atoms with Crippen LogP contribution < -0.4 is 5.48 Å². The van der Waals surface area contributed by atoms with E-state index in [0.29, 0.717) is 6.10 Å². The molecule has 1 atom stereocenters. The number of piperidine rings is 1. The number of hydrogen-bond donors (Lipinski definition) is 2. The number of ether oxygens (including phenoxy) is 1. The summed E-state index contributed by atoms with van der Waals surface area (Å²) in [5, 5.41) is 8.53. The lowest BCUT2D eigenvalue weighted by molar-refractivity contribution is -0.145. The number of hydrogen-bond acceptors (Lipinski definition) is 5. The van der Waals surface area contributed by atoms with Gasteiger partial charge in [-0.25, -0.2) is 10.3 Å². The van der Waals surface area contributed by atoms with Crippen LogP contribution in [0.1, 0.15) is 19.3 Å². The van der Waals surface area contributed by atoms with E-state index in [1.807, 2.05) is 0 Å². The first kappa shape index (κ1) is 12.8. The highest BCUT2D eigenvalue weighted by atomic mass is 16.7. The van der Waals surface area contributed by atoms with Gasteiger partial charge in [0.1, 0.15) is 6.61 Å². The molecule has 2 aliphatic rings. The lowest BCUT2D eigenvalue weighted by Gasteiger charge is -2.32. The smallest absolute Gasteiger partial charge is 0.329 e. The maximum absolute atomic E-state index is 10.4. The van der Waals surface area contributed by atoms with Crippen molar-refractivity contribution in [2.75, 3.05) is 32.8 Å². The van der Waals surface area contributed by atoms with Crippen LogP contribution in [0.15, 0.2) is 0 Å². The minimum Gasteiger partial charge on any atom is -0.480 e. The molecule has 2 saturated heterocycles. The number of aliphatic carboxylic acids is 1. The number of carbonyl (C=O) groups is 1. The molecule has 6 heteroatoms. The first-order chi connectivity index (χ1) is 8.24. The third-order valence-electron chi connectivity index (χ3n) is 3.26. The van der Waals surface area contributed by atoms with Crippen LogP contribution in [-0.4, -0.2) is 61.0 Å². The average Bonchev–Trinajstić information content (AvgIpc) is 2.81. The van der Waals surface area contributed by atoms with Crippen molar-refractivity contribution in [2.24, 2.45) is 0 Å². The molecule has 0 saturated carbocycles. The van der Waals surface area contributed by atoms with E-state index in [4.69, 9.17) is 14.7 Å². The van der Waals surface area contributed by atoms with Gasteiger partial charge in [-0.05, 0) is 19.3 Å². The van der Waals surface area contributed by atoms with Crippen LogP contribution >= 0.6 is 0 Å². The van der Waals surface area contributed by atoms with Crippen LogP contribution in [-0.2, 0) is 14.4 Å². The summed E-state index contributed by atoms with van der Waals surface area (Å²) in [4.78, 5) is 18.1. The summed E-state index contributed by atoms with van der Waals surface area (Å²) in [5.41, 5.74) is 2.89. The van der Waals surface area contributed by atoms with Crippen LogP contribution in [0.4, 0.5) is 0 Å². The molecule has 2 fully saturated rings. The largest absolute Gasteiger partial charge is 0.480 e. The minimum atomic E-state index is -0.891. The molecule has 2 aliphatic heterocycles. The average molecular weight is 244 g/mol. The van der Waals surface area contributed by atoms with Crippen molar-refractivity contribution in [1.29, 1.82) is 0 Å². The number of nitrogens with one attached hydrogen (secondary N) is 1. The van der Waals surface area contributed by atoms with Crippen molar-refractivity contribution in [3.63, 3.8) is 0 Å². The minimum absolute atomic E-state index is 0.102. The van der Waals surface area contributed by atoms with Gasteiger partial charge in [0, 0.05) is 26.2 Å². The summed E-state index contributed by atoms with van der Waals surface area (Å²) >= 11 is 0. The molecule has 0 radical (unpaired) electrons. The van der Waals surface area contributed by atoms with Crippen molar-refractivity contribution in [2.45, 2.75) is 31.5 Å². The Morgan fingerprint density at radius 1 is 1.41 bits per heavy atom. The zero-order chi connectivity index (χ0) is 12.1. The summed E-state index contributed by atoms with van der Waals surface area (Å²) in [5.74, 6) is -0.891. The topological polar surface area (TPSA) is 71.0 Å². The Morgan fingerprint density at radius 2 is 2.18 bits per heavy atom. The van der Waals surface area contributed by atoms with Gasteiger partial charge in [-0.15, -0.1) is 0 Å². The molecule has 0 spiro atoms. The van der Waals surface area contributed by atoms with Gasteiger partial charge >= 0.3 is 5.97 Å². The highest BCUT2D eigenvalue weighted by molar-refractivity contribution is 5.68. The fraction of sp³-hybridized carbons (Fsp3) is 0.909. The summed E-state index contributed by atoms with van der Waals surface area (Å²) in [6.45, 7) is 3.64. The number of nitrogens with zero attached hydrogens (tertiary/aromatic N) is 1. The van der Waals surface area contributed by atoms with Gasteiger partial charge < -0.3 is 14.7 Å². The molecule has 2 heterocycles. The fourth-order valence-electron chi connectivity index (χ4n) is 2.32. The van der Waals surface area contributed by atoms with Crippen LogP contribution in [0.2, 0.25) is 0 Å². The molecule has 17 heavy (non-hydrogen) atoms. The number of rotatable bonds is 5. The Hall–Kier alpha value is -0.690. The Bertz CT molecular complexity index is 248. The van der Waals surface area contributed by atoms with Crippen molar-refractivity contribution in [3.8, 4) is 0 Å². The Labute approximate surface area is 101 Å². The summed E-state index contributed by atoms with van der Waals surface area (Å²) in [7, 11) is 0. The predicted octanol–water partition coefficient (Wildman–Crippen LogP) is -0.155. The zero-order valence-corrected chi connectivity index (χ0v) is 9.93. The molecule has 98 valence electrons. The number of carboxylic acids is 1. The van der Waals surface area contributed by atoms with Crippen molar-refractivity contribution in [3.05, 3.63) is 0 Å². The lowest BCUT2D eigenvalue weighted by Crippen LogP contribution is -2.41. The Morgan fingerprint density at radius 3 is 2.76 bits per heavy atom. The zero-order valence-electron chi connectivity index (χ0n) is 9.93. The van der Waals surface area contributed by atoms with Gasteiger partial charge in [0.15, 0.2) is 0 Å². The number of likely N-dealkylation sites (tertiary alicyclic amines) is 1. The normalized spacial score (nSPS) is 27.4. The van der Waals surface area contributed by atoms with Gasteiger partial charge in [0.25, 0.3) is 0 Å². The molecule has 2 N–H and O–H groups in total. The van der Waals surface area contributed by atoms with E-state index >= 15 is 0 Å². The highest BCUT2D eigenvalue weighted by Gasteiger charge is 2.24. The van der Waals surface area contributed by atoms with E-state index in [-0.39, 0.29) is 12.7 Å². The second kappa shape index (κ2) is 6.30. The molecule has 0 aliphatic carbocycles. The fourth-order valence-corrected chi connectivity index (χ4v) is 2.32. The molecule has 0 aromatic carbocycles. The monoisotopic (exact) mass is 244 g/mol. The molecule has 6 nitrogen and oxygen atoms in total. The van der Waals surface area contributed by atoms with Gasteiger partial charge in [-0.1, -0.05) is 0 Å². The van der Waals surface area contributed by atoms with Crippen LogP contribution in [0, 0.1) is 0 Å². The third kappa shape index (κ3) is 4.23. The van der Waals surface area contributed by atoms with Crippen LogP contribution in [0.5, 0.6) is 0 Å². The second-order valence-corrected chi connectivity index (χ2v) is 4.63. The maximum atomic E-state index is 10.4. The van der Waals surface area contributed by atoms with E-state index in [9.17, 15) is 4.79 Å². The Balaban J connectivity index is 1.61. The van der Waals surface area contributed by atoms with Gasteiger partial charge in [0.2, 0.25) is 0 Å². The molecule has 0 aromatic heterocycles. The summed E-state index contributed by atoms with van der Waals surface area (Å²) < 4.78 is 5.29. The highest BCUT2D eigenvalue weighted by Crippen LogP contribution is 2.15. The molecular formula is C11H20N2O4. The van der Waals surface area contributed by atoms with E-state index in [1.165, 1.54) is 0 Å². The van der Waals surface area contributed by atoms with Crippen molar-refractivity contribution < 1.29 is 19.5 Å². The summed E-state index contributed by atoms with van der Waals surface area (Å²) in [6.07, 6.45) is 3.28. The summed E-state index contributed by atoms with van der Waals surface area (Å²) in [6, 6.07) is 0. The van der Waals surface area contributed by atoms with Gasteiger partial charge in [-0.3, -0.25) is 4.84 Å². The van der Waals surface area contributed by atoms with Gasteiger partial charge in [-0.2, -0.15) is 0 Å². The number of hydroxylamine groups is 1. The van der Waals surface area contributed by atoms with Crippen molar-refractivity contribution in [1.82, 2.24) is 10.4 Å². The van der Waals surface area contributed by atoms with Crippen molar-refractivity contribution >= 4 is 5.97 Å². The van der Waals surface area contributed by atoms with E-state index in [2.05, 4.69) is 10.4 Å². The first-order valence-electron chi connectivity index (χ1n) is 6.18. The van der Waals surface area contributed by atoms with E-state index in [0.717, 1.165) is 45.4 Å². The lowest BCUT2D eigenvalue weighted by atomic mass is 10.1. The van der Waals surface area contributed by atoms with E-state index in [1.54, 1.807) is 0 Å². The number of carboxylic acid groups (broad SMARTS) is 1. The quantitative estimate of drug-likeness (QED) is 0.700. The van der Waals surface area contributed by atoms with E-state index < -0.39 is 5.97 Å². The molecule has 1 unspecified atom stereocenters. The maximum Gasteiger partial charge on any atom is 0.329 e. The molecule has 0 aromatic rings.